The molecular weight excluding hydrogens is 280 g/mol. The van der Waals surface area contributed by atoms with Crippen LogP contribution in [0.2, 0.25) is 5.02 Å². The number of hydrogen-bond donors (Lipinski definition) is 1. The molecule has 3 rings (SSSR count). The lowest BCUT2D eigenvalue weighted by Gasteiger charge is -2.50. The standard InChI is InChI=1S/C14H17ClN2OS/c1-2-17-13(18)11-9-10(15)3-4-12(11)16-14(17)5-7-19-8-6-14/h3-4,9,16H,2,5-8H2,1H3. The smallest absolute Gasteiger partial charge is 0.257 e. The Labute approximate surface area is 122 Å². The van der Waals surface area contributed by atoms with Crippen LogP contribution in [0.1, 0.15) is 30.1 Å². The third kappa shape index (κ3) is 2.11. The number of halogens is 1. The van der Waals surface area contributed by atoms with Crippen molar-refractivity contribution >= 4 is 35.0 Å². The Bertz CT molecular complexity index is 514. The van der Waals surface area contributed by atoms with Crippen LogP contribution in [0.3, 0.4) is 0 Å². The fourth-order valence-corrected chi connectivity index (χ4v) is 4.35. The van der Waals surface area contributed by atoms with E-state index in [-0.39, 0.29) is 11.6 Å². The maximum absolute atomic E-state index is 12.7. The lowest BCUT2D eigenvalue weighted by atomic mass is 9.94. The molecule has 0 aromatic heterocycles. The highest BCUT2D eigenvalue weighted by Crippen LogP contribution is 2.39. The van der Waals surface area contributed by atoms with Crippen molar-refractivity contribution < 1.29 is 4.79 Å². The van der Waals surface area contributed by atoms with Gasteiger partial charge in [-0.05, 0) is 49.5 Å². The van der Waals surface area contributed by atoms with Crippen LogP contribution in [-0.4, -0.2) is 34.5 Å². The monoisotopic (exact) mass is 296 g/mol. The van der Waals surface area contributed by atoms with Crippen LogP contribution in [0, 0.1) is 0 Å². The number of thioether (sulfide) groups is 1. The molecule has 0 saturated carbocycles. The second kappa shape index (κ2) is 4.91. The molecule has 1 spiro atoms. The van der Waals surface area contributed by atoms with Gasteiger partial charge in [0.25, 0.3) is 5.91 Å². The summed E-state index contributed by atoms with van der Waals surface area (Å²) in [7, 11) is 0. The molecule has 102 valence electrons. The summed E-state index contributed by atoms with van der Waals surface area (Å²) in [6.07, 6.45) is 2.00. The molecule has 1 aromatic carbocycles. The normalized spacial score (nSPS) is 21.2. The molecule has 0 aliphatic carbocycles. The third-order valence-corrected chi connectivity index (χ3v) is 5.20. The van der Waals surface area contributed by atoms with Gasteiger partial charge in [0, 0.05) is 17.3 Å². The van der Waals surface area contributed by atoms with Crippen molar-refractivity contribution in [1.82, 2.24) is 4.90 Å². The third-order valence-electron chi connectivity index (χ3n) is 3.98. The Morgan fingerprint density at radius 1 is 1.42 bits per heavy atom. The van der Waals surface area contributed by atoms with Crippen molar-refractivity contribution in [2.75, 3.05) is 23.4 Å². The van der Waals surface area contributed by atoms with Crippen LogP contribution < -0.4 is 5.32 Å². The number of nitrogens with one attached hydrogen (secondary N) is 1. The molecule has 2 heterocycles. The molecule has 1 fully saturated rings. The second-order valence-corrected chi connectivity index (χ2v) is 6.67. The van der Waals surface area contributed by atoms with Gasteiger partial charge in [-0.2, -0.15) is 11.8 Å². The zero-order valence-electron chi connectivity index (χ0n) is 10.9. The van der Waals surface area contributed by atoms with Gasteiger partial charge in [-0.15, -0.1) is 0 Å². The number of hydrogen-bond acceptors (Lipinski definition) is 3. The Morgan fingerprint density at radius 3 is 2.84 bits per heavy atom. The molecule has 5 heteroatoms. The van der Waals surface area contributed by atoms with E-state index in [9.17, 15) is 4.79 Å². The lowest BCUT2D eigenvalue weighted by Crippen LogP contribution is -2.61. The fourth-order valence-electron chi connectivity index (χ4n) is 3.01. The molecular formula is C14H17ClN2OS. The largest absolute Gasteiger partial charge is 0.362 e. The summed E-state index contributed by atoms with van der Waals surface area (Å²) >= 11 is 7.97. The molecule has 3 nitrogen and oxygen atoms in total. The maximum Gasteiger partial charge on any atom is 0.257 e. The first-order valence-electron chi connectivity index (χ1n) is 6.64. The molecule has 0 bridgehead atoms. The van der Waals surface area contributed by atoms with E-state index in [0.717, 1.165) is 36.6 Å². The number of fused-ring (bicyclic) bond motifs is 1. The van der Waals surface area contributed by atoms with Crippen LogP contribution >= 0.6 is 23.4 Å². The van der Waals surface area contributed by atoms with E-state index in [1.54, 1.807) is 6.07 Å². The number of nitrogens with zero attached hydrogens (tertiary/aromatic N) is 1. The van der Waals surface area contributed by atoms with Crippen molar-refractivity contribution in [2.24, 2.45) is 0 Å². The summed E-state index contributed by atoms with van der Waals surface area (Å²) in [5.41, 5.74) is 1.42. The van der Waals surface area contributed by atoms with E-state index in [2.05, 4.69) is 5.32 Å². The van der Waals surface area contributed by atoms with Crippen LogP contribution in [-0.2, 0) is 0 Å². The molecule has 1 N–H and O–H groups in total. The van der Waals surface area contributed by atoms with E-state index >= 15 is 0 Å². The van der Waals surface area contributed by atoms with Gasteiger partial charge >= 0.3 is 0 Å². The van der Waals surface area contributed by atoms with Gasteiger partial charge in [0.1, 0.15) is 5.66 Å². The van der Waals surface area contributed by atoms with E-state index in [4.69, 9.17) is 11.6 Å². The summed E-state index contributed by atoms with van der Waals surface area (Å²) in [6.45, 7) is 2.76. The van der Waals surface area contributed by atoms with Crippen LogP contribution in [0.25, 0.3) is 0 Å². The van der Waals surface area contributed by atoms with Gasteiger partial charge in [0.2, 0.25) is 0 Å². The van der Waals surface area contributed by atoms with Gasteiger partial charge in [-0.25, -0.2) is 0 Å². The Balaban J connectivity index is 2.06. The SMILES string of the molecule is CCN1C(=O)c2cc(Cl)ccc2NC12CCSCC2. The van der Waals surface area contributed by atoms with Gasteiger partial charge in [0.15, 0.2) is 0 Å². The minimum absolute atomic E-state index is 0.102. The fraction of sp³-hybridized carbons (Fsp3) is 0.500. The average molecular weight is 297 g/mol. The van der Waals surface area contributed by atoms with Gasteiger partial charge < -0.3 is 10.2 Å². The minimum Gasteiger partial charge on any atom is -0.362 e. The Morgan fingerprint density at radius 2 is 2.16 bits per heavy atom. The molecule has 0 radical (unpaired) electrons. The molecule has 1 saturated heterocycles. The first kappa shape index (κ1) is 13.1. The predicted molar refractivity (Wildman–Crippen MR) is 81.1 cm³/mol. The van der Waals surface area contributed by atoms with Gasteiger partial charge in [-0.3, -0.25) is 4.79 Å². The number of carbonyl (C=O) groups is 1. The molecule has 0 unspecified atom stereocenters. The Kier molecular flexibility index (Phi) is 3.39. The predicted octanol–water partition coefficient (Wildman–Crippen LogP) is 3.45. The van der Waals surface area contributed by atoms with E-state index in [1.165, 1.54) is 0 Å². The highest BCUT2D eigenvalue weighted by Gasteiger charge is 2.44. The molecule has 1 aromatic rings. The number of anilines is 1. The summed E-state index contributed by atoms with van der Waals surface area (Å²) in [4.78, 5) is 14.7. The molecule has 2 aliphatic heterocycles. The number of rotatable bonds is 1. The van der Waals surface area contributed by atoms with Crippen molar-refractivity contribution in [1.29, 1.82) is 0 Å². The van der Waals surface area contributed by atoms with Crippen LogP contribution in [0.15, 0.2) is 18.2 Å². The summed E-state index contributed by atoms with van der Waals surface area (Å²) < 4.78 is 0. The highest BCUT2D eigenvalue weighted by molar-refractivity contribution is 7.99. The minimum atomic E-state index is -0.197. The molecule has 1 amide bonds. The van der Waals surface area contributed by atoms with Gasteiger partial charge in [0.05, 0.1) is 5.56 Å². The molecule has 19 heavy (non-hydrogen) atoms. The van der Waals surface area contributed by atoms with Crippen molar-refractivity contribution in [2.45, 2.75) is 25.4 Å². The molecule has 2 aliphatic rings. The zero-order valence-corrected chi connectivity index (χ0v) is 12.5. The zero-order chi connectivity index (χ0) is 13.5. The highest BCUT2D eigenvalue weighted by atomic mass is 35.5. The summed E-state index contributed by atoms with van der Waals surface area (Å²) in [6, 6.07) is 5.53. The van der Waals surface area contributed by atoms with E-state index in [0.29, 0.717) is 10.6 Å². The average Bonchev–Trinajstić information content (AvgIpc) is 2.41. The number of benzene rings is 1. The van der Waals surface area contributed by atoms with Crippen LogP contribution in [0.5, 0.6) is 0 Å². The topological polar surface area (TPSA) is 32.3 Å². The maximum atomic E-state index is 12.7. The van der Waals surface area contributed by atoms with E-state index < -0.39 is 0 Å². The van der Waals surface area contributed by atoms with Crippen molar-refractivity contribution in [3.8, 4) is 0 Å². The quantitative estimate of drug-likeness (QED) is 0.861. The number of amides is 1. The first-order chi connectivity index (χ1) is 9.16. The summed E-state index contributed by atoms with van der Waals surface area (Å²) in [5, 5.41) is 4.22. The van der Waals surface area contributed by atoms with E-state index in [1.807, 2.05) is 35.7 Å². The van der Waals surface area contributed by atoms with Gasteiger partial charge in [-0.1, -0.05) is 11.6 Å². The van der Waals surface area contributed by atoms with Crippen LogP contribution in [0.4, 0.5) is 5.69 Å². The molecule has 0 atom stereocenters. The number of carbonyl (C=O) groups excluding carboxylic acids is 1. The van der Waals surface area contributed by atoms with Crippen molar-refractivity contribution in [3.05, 3.63) is 28.8 Å². The van der Waals surface area contributed by atoms with Crippen molar-refractivity contribution in [3.63, 3.8) is 0 Å². The first-order valence-corrected chi connectivity index (χ1v) is 8.17. The summed E-state index contributed by atoms with van der Waals surface area (Å²) in [5.74, 6) is 2.30. The second-order valence-electron chi connectivity index (χ2n) is 5.01. The lowest BCUT2D eigenvalue weighted by molar-refractivity contribution is 0.0501. The Hall–Kier alpha value is -0.870.